The molecule has 0 radical (unpaired) electrons. The molecule has 2 aromatic carbocycles. The zero-order chi connectivity index (χ0) is 14.5. The maximum absolute atomic E-state index is 11.6. The van der Waals surface area contributed by atoms with Gasteiger partial charge in [0.05, 0.1) is 7.11 Å². The standard InChI is InChI=1S/C16H14N2O2/c1-18-16(19)12(10-17)9-14-13-6-4-3-5-11(13)7-8-15(14)20-2/h3-9H,1-2H3,(H,18,19). The Morgan fingerprint density at radius 1 is 1.30 bits per heavy atom. The van der Waals surface area contributed by atoms with E-state index in [2.05, 4.69) is 5.32 Å². The highest BCUT2D eigenvalue weighted by molar-refractivity contribution is 6.04. The molecule has 2 rings (SSSR count). The van der Waals surface area contributed by atoms with Crippen LogP contribution in [0.4, 0.5) is 0 Å². The molecule has 0 unspecified atom stereocenters. The van der Waals surface area contributed by atoms with Crippen molar-refractivity contribution >= 4 is 22.8 Å². The summed E-state index contributed by atoms with van der Waals surface area (Å²) in [5.74, 6) is 0.211. The van der Waals surface area contributed by atoms with Gasteiger partial charge >= 0.3 is 0 Å². The molecule has 0 heterocycles. The van der Waals surface area contributed by atoms with E-state index >= 15 is 0 Å². The average Bonchev–Trinajstić information content (AvgIpc) is 2.51. The lowest BCUT2D eigenvalue weighted by atomic mass is 10.0. The molecule has 0 bridgehead atoms. The maximum Gasteiger partial charge on any atom is 0.261 e. The van der Waals surface area contributed by atoms with E-state index in [0.717, 1.165) is 16.3 Å². The van der Waals surface area contributed by atoms with Crippen LogP contribution in [0.5, 0.6) is 5.75 Å². The molecule has 4 nitrogen and oxygen atoms in total. The number of carbonyl (C=O) groups is 1. The van der Waals surface area contributed by atoms with E-state index in [1.54, 1.807) is 13.2 Å². The Morgan fingerprint density at radius 2 is 2.05 bits per heavy atom. The number of hydrogen-bond acceptors (Lipinski definition) is 3. The Hall–Kier alpha value is -2.80. The summed E-state index contributed by atoms with van der Waals surface area (Å²) in [5.41, 5.74) is 0.771. The van der Waals surface area contributed by atoms with Crippen molar-refractivity contribution in [2.75, 3.05) is 14.2 Å². The Balaban J connectivity index is 2.71. The molecule has 0 saturated heterocycles. The fraction of sp³-hybridized carbons (Fsp3) is 0.125. The van der Waals surface area contributed by atoms with E-state index in [0.29, 0.717) is 5.75 Å². The molecule has 0 saturated carbocycles. The SMILES string of the molecule is CNC(=O)C(C#N)=Cc1c(OC)ccc2ccccc12. The predicted octanol–water partition coefficient (Wildman–Crippen LogP) is 2.50. The summed E-state index contributed by atoms with van der Waals surface area (Å²) in [6, 6.07) is 13.4. The molecule has 100 valence electrons. The number of benzene rings is 2. The number of hydrogen-bond donors (Lipinski definition) is 1. The van der Waals surface area contributed by atoms with Crippen LogP contribution in [0.2, 0.25) is 0 Å². The number of nitriles is 1. The molecule has 20 heavy (non-hydrogen) atoms. The van der Waals surface area contributed by atoms with Crippen molar-refractivity contribution < 1.29 is 9.53 Å². The molecular formula is C16H14N2O2. The smallest absolute Gasteiger partial charge is 0.261 e. The number of carbonyl (C=O) groups excluding carboxylic acids is 1. The number of ether oxygens (including phenoxy) is 1. The van der Waals surface area contributed by atoms with Gasteiger partial charge in [-0.05, 0) is 22.9 Å². The van der Waals surface area contributed by atoms with E-state index in [4.69, 9.17) is 10.00 Å². The minimum atomic E-state index is -0.414. The third-order valence-corrected chi connectivity index (χ3v) is 3.03. The number of nitrogens with one attached hydrogen (secondary N) is 1. The average molecular weight is 266 g/mol. The fourth-order valence-electron chi connectivity index (χ4n) is 2.03. The van der Waals surface area contributed by atoms with Gasteiger partial charge < -0.3 is 10.1 Å². The Bertz CT molecular complexity index is 727. The monoisotopic (exact) mass is 266 g/mol. The Labute approximate surface area is 117 Å². The van der Waals surface area contributed by atoms with Crippen LogP contribution < -0.4 is 10.1 Å². The third kappa shape index (κ3) is 2.47. The van der Waals surface area contributed by atoms with Gasteiger partial charge in [0.1, 0.15) is 17.4 Å². The first kappa shape index (κ1) is 13.6. The summed E-state index contributed by atoms with van der Waals surface area (Å²) >= 11 is 0. The van der Waals surface area contributed by atoms with Crippen molar-refractivity contribution in [3.63, 3.8) is 0 Å². The zero-order valence-corrected chi connectivity index (χ0v) is 11.3. The molecule has 0 spiro atoms. The van der Waals surface area contributed by atoms with Gasteiger partial charge in [-0.15, -0.1) is 0 Å². The number of fused-ring (bicyclic) bond motifs is 1. The Kier molecular flexibility index (Phi) is 4.02. The number of methoxy groups -OCH3 is 1. The fourth-order valence-corrected chi connectivity index (χ4v) is 2.03. The van der Waals surface area contributed by atoms with Gasteiger partial charge in [-0.3, -0.25) is 4.79 Å². The van der Waals surface area contributed by atoms with Crippen LogP contribution in [0.25, 0.3) is 16.8 Å². The molecular weight excluding hydrogens is 252 g/mol. The third-order valence-electron chi connectivity index (χ3n) is 3.03. The molecule has 4 heteroatoms. The molecule has 0 aliphatic rings. The van der Waals surface area contributed by atoms with Crippen LogP contribution in [0.1, 0.15) is 5.56 Å². The first-order valence-electron chi connectivity index (χ1n) is 6.11. The molecule has 0 atom stereocenters. The van der Waals surface area contributed by atoms with E-state index in [1.165, 1.54) is 7.05 Å². The van der Waals surface area contributed by atoms with Crippen LogP contribution in [0.15, 0.2) is 42.0 Å². The van der Waals surface area contributed by atoms with Gasteiger partial charge in [0.15, 0.2) is 0 Å². The molecule has 0 aliphatic heterocycles. The van der Waals surface area contributed by atoms with Crippen molar-refractivity contribution in [2.24, 2.45) is 0 Å². The summed E-state index contributed by atoms with van der Waals surface area (Å²) in [6.07, 6.45) is 1.56. The second-order valence-electron chi connectivity index (χ2n) is 4.15. The second-order valence-corrected chi connectivity index (χ2v) is 4.15. The molecule has 2 aromatic rings. The van der Waals surface area contributed by atoms with Crippen molar-refractivity contribution in [1.29, 1.82) is 5.26 Å². The van der Waals surface area contributed by atoms with Crippen LogP contribution >= 0.6 is 0 Å². The second kappa shape index (κ2) is 5.89. The normalized spacial score (nSPS) is 10.9. The molecule has 1 N–H and O–H groups in total. The number of amides is 1. The van der Waals surface area contributed by atoms with Crippen molar-refractivity contribution in [3.05, 3.63) is 47.5 Å². The van der Waals surface area contributed by atoms with Crippen LogP contribution in [0, 0.1) is 11.3 Å². The minimum Gasteiger partial charge on any atom is -0.496 e. The predicted molar refractivity (Wildman–Crippen MR) is 78.2 cm³/mol. The zero-order valence-electron chi connectivity index (χ0n) is 11.3. The summed E-state index contributed by atoms with van der Waals surface area (Å²) in [6.45, 7) is 0. The highest BCUT2D eigenvalue weighted by Gasteiger charge is 2.11. The van der Waals surface area contributed by atoms with Gasteiger partial charge in [0.2, 0.25) is 0 Å². The topological polar surface area (TPSA) is 62.1 Å². The molecule has 0 fully saturated rings. The van der Waals surface area contributed by atoms with E-state index in [9.17, 15) is 4.79 Å². The quantitative estimate of drug-likeness (QED) is 0.685. The number of nitrogens with zero attached hydrogens (tertiary/aromatic N) is 1. The lowest BCUT2D eigenvalue weighted by Gasteiger charge is -2.09. The number of rotatable bonds is 3. The summed E-state index contributed by atoms with van der Waals surface area (Å²) in [7, 11) is 3.06. The van der Waals surface area contributed by atoms with Crippen molar-refractivity contribution in [1.82, 2.24) is 5.32 Å². The largest absolute Gasteiger partial charge is 0.496 e. The van der Waals surface area contributed by atoms with Crippen molar-refractivity contribution in [3.8, 4) is 11.8 Å². The summed E-state index contributed by atoms with van der Waals surface area (Å²) in [5, 5.41) is 13.5. The number of likely N-dealkylation sites (N-methyl/N-ethyl adjacent to an activating group) is 1. The summed E-state index contributed by atoms with van der Waals surface area (Å²) in [4.78, 5) is 11.6. The summed E-state index contributed by atoms with van der Waals surface area (Å²) < 4.78 is 5.33. The lowest BCUT2D eigenvalue weighted by molar-refractivity contribution is -0.116. The van der Waals surface area contributed by atoms with Gasteiger partial charge in [-0.2, -0.15) is 5.26 Å². The highest BCUT2D eigenvalue weighted by atomic mass is 16.5. The first-order valence-corrected chi connectivity index (χ1v) is 6.11. The highest BCUT2D eigenvalue weighted by Crippen LogP contribution is 2.29. The molecule has 1 amide bonds. The molecule has 0 aromatic heterocycles. The first-order chi connectivity index (χ1) is 9.71. The van der Waals surface area contributed by atoms with Crippen LogP contribution in [-0.2, 0) is 4.79 Å². The maximum atomic E-state index is 11.6. The van der Waals surface area contributed by atoms with Gasteiger partial charge in [0.25, 0.3) is 5.91 Å². The lowest BCUT2D eigenvalue weighted by Crippen LogP contribution is -2.19. The molecule has 0 aliphatic carbocycles. The van der Waals surface area contributed by atoms with E-state index in [-0.39, 0.29) is 5.57 Å². The van der Waals surface area contributed by atoms with Gasteiger partial charge in [-0.1, -0.05) is 30.3 Å². The van der Waals surface area contributed by atoms with Crippen molar-refractivity contribution in [2.45, 2.75) is 0 Å². The van der Waals surface area contributed by atoms with E-state index in [1.807, 2.05) is 42.5 Å². The van der Waals surface area contributed by atoms with Gasteiger partial charge in [0, 0.05) is 12.6 Å². The minimum absolute atomic E-state index is 0.0437. The van der Waals surface area contributed by atoms with Crippen LogP contribution in [-0.4, -0.2) is 20.1 Å². The van der Waals surface area contributed by atoms with Gasteiger partial charge in [-0.25, -0.2) is 0 Å². The van der Waals surface area contributed by atoms with E-state index < -0.39 is 5.91 Å². The van der Waals surface area contributed by atoms with Crippen LogP contribution in [0.3, 0.4) is 0 Å². The Morgan fingerprint density at radius 3 is 2.70 bits per heavy atom.